The largest absolute Gasteiger partial charge is 0.354 e. The smallest absolute Gasteiger partial charge is 0.251 e. The summed E-state index contributed by atoms with van der Waals surface area (Å²) in [5.41, 5.74) is 4.75. The van der Waals surface area contributed by atoms with E-state index in [9.17, 15) is 9.59 Å². The third kappa shape index (κ3) is 3.71. The summed E-state index contributed by atoms with van der Waals surface area (Å²) in [6.45, 7) is 2.74. The molecule has 2 rings (SSSR count). The van der Waals surface area contributed by atoms with Gasteiger partial charge in [-0.3, -0.25) is 15.4 Å². The van der Waals surface area contributed by atoms with Crippen molar-refractivity contribution in [3.63, 3.8) is 0 Å². The Morgan fingerprint density at radius 2 is 1.95 bits per heavy atom. The molecule has 1 saturated carbocycles. The highest BCUT2D eigenvalue weighted by molar-refractivity contribution is 5.96. The van der Waals surface area contributed by atoms with Gasteiger partial charge in [-0.2, -0.15) is 0 Å². The van der Waals surface area contributed by atoms with Gasteiger partial charge >= 0.3 is 0 Å². The molecule has 1 aromatic rings. The number of hydrogen-bond donors (Lipinski definition) is 4. The van der Waals surface area contributed by atoms with Crippen LogP contribution >= 0.6 is 0 Å². The number of hydrazine groups is 1. The van der Waals surface area contributed by atoms with Crippen LogP contribution < -0.4 is 21.9 Å². The van der Waals surface area contributed by atoms with E-state index in [1.54, 1.807) is 12.1 Å². The molecule has 2 amide bonds. The van der Waals surface area contributed by atoms with Gasteiger partial charge in [-0.1, -0.05) is 0 Å². The molecule has 0 aromatic heterocycles. The Morgan fingerprint density at radius 3 is 2.55 bits per heavy atom. The Hall–Kier alpha value is -2.08. The standard InChI is InChI=1S/C14H20N4O2/c1-9-8-11(18-15)4-5-12(9)14(20)17-7-6-16-13(19)10-2-3-10/h4-5,8,10,18H,2-3,6-7,15H2,1H3,(H,16,19)(H,17,20). The molecule has 0 heterocycles. The molecule has 108 valence electrons. The second kappa shape index (κ2) is 6.38. The number of amides is 2. The van der Waals surface area contributed by atoms with E-state index in [4.69, 9.17) is 5.84 Å². The van der Waals surface area contributed by atoms with Crippen molar-refractivity contribution in [3.05, 3.63) is 29.3 Å². The molecule has 0 bridgehead atoms. The molecule has 1 aliphatic carbocycles. The predicted molar refractivity (Wildman–Crippen MR) is 77.1 cm³/mol. The quantitative estimate of drug-likeness (QED) is 0.346. The number of carbonyl (C=O) groups is 2. The number of anilines is 1. The lowest BCUT2D eigenvalue weighted by molar-refractivity contribution is -0.122. The number of benzene rings is 1. The second-order valence-electron chi connectivity index (χ2n) is 5.00. The van der Waals surface area contributed by atoms with E-state index in [0.717, 1.165) is 24.1 Å². The summed E-state index contributed by atoms with van der Waals surface area (Å²) in [5.74, 6) is 5.45. The van der Waals surface area contributed by atoms with Crippen molar-refractivity contribution in [1.29, 1.82) is 0 Å². The molecular weight excluding hydrogens is 256 g/mol. The summed E-state index contributed by atoms with van der Waals surface area (Å²) in [4.78, 5) is 23.4. The van der Waals surface area contributed by atoms with Crippen molar-refractivity contribution >= 4 is 17.5 Å². The van der Waals surface area contributed by atoms with Gasteiger partial charge in [-0.15, -0.1) is 0 Å². The topological polar surface area (TPSA) is 96.2 Å². The maximum atomic E-state index is 12.0. The molecule has 20 heavy (non-hydrogen) atoms. The fourth-order valence-corrected chi connectivity index (χ4v) is 1.96. The number of nitrogens with two attached hydrogens (primary N) is 1. The van der Waals surface area contributed by atoms with Gasteiger partial charge in [0.15, 0.2) is 0 Å². The molecule has 1 aromatic carbocycles. The van der Waals surface area contributed by atoms with Gasteiger partial charge < -0.3 is 16.1 Å². The van der Waals surface area contributed by atoms with Crippen LogP contribution in [0.5, 0.6) is 0 Å². The maximum Gasteiger partial charge on any atom is 0.251 e. The van der Waals surface area contributed by atoms with Crippen molar-refractivity contribution < 1.29 is 9.59 Å². The van der Waals surface area contributed by atoms with Crippen molar-refractivity contribution in [3.8, 4) is 0 Å². The highest BCUT2D eigenvalue weighted by Gasteiger charge is 2.28. The summed E-state index contributed by atoms with van der Waals surface area (Å²) in [6.07, 6.45) is 1.97. The second-order valence-corrected chi connectivity index (χ2v) is 5.00. The average Bonchev–Trinajstić information content (AvgIpc) is 3.27. The van der Waals surface area contributed by atoms with Crippen LogP contribution in [0, 0.1) is 12.8 Å². The Morgan fingerprint density at radius 1 is 1.25 bits per heavy atom. The Bertz CT molecular complexity index is 512. The van der Waals surface area contributed by atoms with Crippen LogP contribution in [-0.4, -0.2) is 24.9 Å². The maximum absolute atomic E-state index is 12.0. The minimum Gasteiger partial charge on any atom is -0.354 e. The average molecular weight is 276 g/mol. The first kappa shape index (κ1) is 14.3. The van der Waals surface area contributed by atoms with Gasteiger partial charge in [0.2, 0.25) is 5.91 Å². The molecule has 6 nitrogen and oxygen atoms in total. The van der Waals surface area contributed by atoms with Crippen LogP contribution in [0.25, 0.3) is 0 Å². The zero-order valence-electron chi connectivity index (χ0n) is 11.5. The van der Waals surface area contributed by atoms with Crippen molar-refractivity contribution in [2.75, 3.05) is 18.5 Å². The Balaban J connectivity index is 1.77. The number of aryl methyl sites for hydroxylation is 1. The summed E-state index contributed by atoms with van der Waals surface area (Å²) in [7, 11) is 0. The van der Waals surface area contributed by atoms with Crippen LogP contribution in [0.15, 0.2) is 18.2 Å². The molecule has 5 N–H and O–H groups in total. The number of rotatable bonds is 6. The molecule has 0 atom stereocenters. The van der Waals surface area contributed by atoms with Gasteiger partial charge in [0, 0.05) is 30.3 Å². The normalized spacial score (nSPS) is 13.7. The SMILES string of the molecule is Cc1cc(NN)ccc1C(=O)NCCNC(=O)C1CC1. The molecule has 6 heteroatoms. The van der Waals surface area contributed by atoms with E-state index in [0.29, 0.717) is 18.7 Å². The molecular formula is C14H20N4O2. The van der Waals surface area contributed by atoms with E-state index in [-0.39, 0.29) is 17.7 Å². The first-order valence-electron chi connectivity index (χ1n) is 6.75. The first-order chi connectivity index (χ1) is 9.61. The van der Waals surface area contributed by atoms with Gasteiger partial charge in [0.1, 0.15) is 0 Å². The summed E-state index contributed by atoms with van der Waals surface area (Å²) in [5, 5.41) is 5.59. The van der Waals surface area contributed by atoms with Crippen LogP contribution in [0.4, 0.5) is 5.69 Å². The number of nitrogen functional groups attached to an aromatic ring is 1. The zero-order valence-corrected chi connectivity index (χ0v) is 11.5. The van der Waals surface area contributed by atoms with Gasteiger partial charge in [-0.25, -0.2) is 0 Å². The molecule has 0 radical (unpaired) electrons. The summed E-state index contributed by atoms with van der Waals surface area (Å²) in [6, 6.07) is 5.28. The van der Waals surface area contributed by atoms with Crippen LogP contribution in [0.3, 0.4) is 0 Å². The van der Waals surface area contributed by atoms with Crippen LogP contribution in [-0.2, 0) is 4.79 Å². The molecule has 0 aliphatic heterocycles. The lowest BCUT2D eigenvalue weighted by Crippen LogP contribution is -2.35. The molecule has 1 fully saturated rings. The fourth-order valence-electron chi connectivity index (χ4n) is 1.96. The third-order valence-electron chi connectivity index (χ3n) is 3.30. The van der Waals surface area contributed by atoms with E-state index < -0.39 is 0 Å². The van der Waals surface area contributed by atoms with E-state index in [2.05, 4.69) is 16.1 Å². The van der Waals surface area contributed by atoms with Gasteiger partial charge in [0.05, 0.1) is 0 Å². The highest BCUT2D eigenvalue weighted by atomic mass is 16.2. The van der Waals surface area contributed by atoms with Crippen molar-refractivity contribution in [2.45, 2.75) is 19.8 Å². The van der Waals surface area contributed by atoms with Crippen LogP contribution in [0.1, 0.15) is 28.8 Å². The monoisotopic (exact) mass is 276 g/mol. The van der Waals surface area contributed by atoms with Gasteiger partial charge in [0.25, 0.3) is 5.91 Å². The lowest BCUT2D eigenvalue weighted by atomic mass is 10.1. The Labute approximate surface area is 118 Å². The zero-order chi connectivity index (χ0) is 14.5. The van der Waals surface area contributed by atoms with Crippen molar-refractivity contribution in [2.24, 2.45) is 11.8 Å². The van der Waals surface area contributed by atoms with Crippen molar-refractivity contribution in [1.82, 2.24) is 10.6 Å². The molecule has 1 aliphatic rings. The predicted octanol–water partition coefficient (Wildman–Crippen LogP) is 0.537. The number of carbonyl (C=O) groups excluding carboxylic acids is 2. The van der Waals surface area contributed by atoms with E-state index in [1.807, 2.05) is 13.0 Å². The highest BCUT2D eigenvalue weighted by Crippen LogP contribution is 2.28. The van der Waals surface area contributed by atoms with Gasteiger partial charge in [-0.05, 0) is 43.5 Å². The summed E-state index contributed by atoms with van der Waals surface area (Å²) >= 11 is 0. The first-order valence-corrected chi connectivity index (χ1v) is 6.75. The third-order valence-corrected chi connectivity index (χ3v) is 3.30. The fraction of sp³-hybridized carbons (Fsp3) is 0.429. The summed E-state index contributed by atoms with van der Waals surface area (Å²) < 4.78 is 0. The number of hydrogen-bond acceptors (Lipinski definition) is 4. The van der Waals surface area contributed by atoms with E-state index >= 15 is 0 Å². The van der Waals surface area contributed by atoms with Crippen LogP contribution in [0.2, 0.25) is 0 Å². The Kier molecular flexibility index (Phi) is 4.57. The lowest BCUT2D eigenvalue weighted by Gasteiger charge is -2.10. The molecule has 0 unspecified atom stereocenters. The molecule has 0 saturated heterocycles. The minimum absolute atomic E-state index is 0.0915. The number of nitrogens with one attached hydrogen (secondary N) is 3. The molecule has 0 spiro atoms. The van der Waals surface area contributed by atoms with E-state index in [1.165, 1.54) is 0 Å². The minimum atomic E-state index is -0.147.